The fourth-order valence-electron chi connectivity index (χ4n) is 2.62. The fourth-order valence-corrected chi connectivity index (χ4v) is 2.62. The molecule has 1 rings (SSSR count). The smallest absolute Gasteiger partial charge is 0.407 e. The van der Waals surface area contributed by atoms with E-state index in [1.165, 1.54) is 7.11 Å². The van der Waals surface area contributed by atoms with Gasteiger partial charge < -0.3 is 19.9 Å². The van der Waals surface area contributed by atoms with Crippen LogP contribution in [0.1, 0.15) is 52.9 Å². The number of carboxylic acids is 1. The molecule has 1 aliphatic carbocycles. The van der Waals surface area contributed by atoms with Gasteiger partial charge in [0.25, 0.3) is 0 Å². The number of carbonyl (C=O) groups excluding carboxylic acids is 1. The number of ether oxygens (including phenoxy) is 2. The van der Waals surface area contributed by atoms with E-state index in [2.05, 4.69) is 5.32 Å². The lowest BCUT2D eigenvalue weighted by atomic mass is 9.83. The molecule has 0 spiro atoms. The molecule has 122 valence electrons. The van der Waals surface area contributed by atoms with Crippen molar-refractivity contribution in [3.63, 3.8) is 0 Å². The van der Waals surface area contributed by atoms with E-state index in [1.54, 1.807) is 0 Å². The predicted molar refractivity (Wildman–Crippen MR) is 78.2 cm³/mol. The van der Waals surface area contributed by atoms with Crippen molar-refractivity contribution in [3.8, 4) is 0 Å². The van der Waals surface area contributed by atoms with Gasteiger partial charge in [-0.2, -0.15) is 0 Å². The van der Waals surface area contributed by atoms with Crippen LogP contribution in [-0.2, 0) is 14.3 Å². The van der Waals surface area contributed by atoms with Crippen LogP contribution in [0.15, 0.2) is 0 Å². The molecule has 1 fully saturated rings. The van der Waals surface area contributed by atoms with E-state index in [-0.39, 0.29) is 12.1 Å². The molecule has 0 bridgehead atoms. The lowest BCUT2D eigenvalue weighted by Crippen LogP contribution is -2.41. The Hall–Kier alpha value is -1.30. The molecule has 1 saturated carbocycles. The molecule has 0 aromatic rings. The molecule has 21 heavy (non-hydrogen) atoms. The SMILES string of the molecule is COC(CC1CCC(NC(=O)OC(C)(C)C)CC1)C(=O)O. The van der Waals surface area contributed by atoms with Gasteiger partial charge in [0, 0.05) is 13.2 Å². The maximum Gasteiger partial charge on any atom is 0.407 e. The van der Waals surface area contributed by atoms with Crippen molar-refractivity contribution in [2.24, 2.45) is 5.92 Å². The number of amides is 1. The first kappa shape index (κ1) is 17.8. The topological polar surface area (TPSA) is 84.9 Å². The van der Waals surface area contributed by atoms with Crippen molar-refractivity contribution in [1.29, 1.82) is 0 Å². The molecule has 1 amide bonds. The lowest BCUT2D eigenvalue weighted by molar-refractivity contribution is -0.149. The van der Waals surface area contributed by atoms with Crippen molar-refractivity contribution in [3.05, 3.63) is 0 Å². The second kappa shape index (κ2) is 7.64. The summed E-state index contributed by atoms with van der Waals surface area (Å²) >= 11 is 0. The Labute approximate surface area is 126 Å². The molecule has 2 N–H and O–H groups in total. The second-order valence-electron chi connectivity index (χ2n) is 6.66. The molecule has 0 aliphatic heterocycles. The predicted octanol–water partition coefficient (Wildman–Crippen LogP) is 2.56. The van der Waals surface area contributed by atoms with Crippen LogP contribution in [0.3, 0.4) is 0 Å². The highest BCUT2D eigenvalue weighted by atomic mass is 16.6. The lowest BCUT2D eigenvalue weighted by Gasteiger charge is -2.30. The van der Waals surface area contributed by atoms with Crippen molar-refractivity contribution in [2.75, 3.05) is 7.11 Å². The first-order chi connectivity index (χ1) is 9.71. The summed E-state index contributed by atoms with van der Waals surface area (Å²) in [4.78, 5) is 22.6. The number of hydrogen-bond acceptors (Lipinski definition) is 4. The second-order valence-corrected chi connectivity index (χ2v) is 6.66. The number of hydrogen-bond donors (Lipinski definition) is 2. The van der Waals surface area contributed by atoms with Crippen LogP contribution >= 0.6 is 0 Å². The molecule has 0 saturated heterocycles. The summed E-state index contributed by atoms with van der Waals surface area (Å²) in [5.41, 5.74) is -0.492. The van der Waals surface area contributed by atoms with E-state index in [9.17, 15) is 9.59 Å². The van der Waals surface area contributed by atoms with Crippen LogP contribution < -0.4 is 5.32 Å². The van der Waals surface area contributed by atoms with Gasteiger partial charge in [0.1, 0.15) is 5.60 Å². The van der Waals surface area contributed by atoms with Crippen LogP contribution in [0.2, 0.25) is 0 Å². The Bertz CT molecular complexity index is 356. The van der Waals surface area contributed by atoms with Crippen molar-refractivity contribution < 1.29 is 24.2 Å². The van der Waals surface area contributed by atoms with E-state index >= 15 is 0 Å². The number of carboxylic acid groups (broad SMARTS) is 1. The Morgan fingerprint density at radius 1 is 1.24 bits per heavy atom. The minimum Gasteiger partial charge on any atom is -0.479 e. The summed E-state index contributed by atoms with van der Waals surface area (Å²) in [6, 6.07) is 0.113. The number of aliphatic carboxylic acids is 1. The maximum absolute atomic E-state index is 11.7. The highest BCUT2D eigenvalue weighted by Gasteiger charge is 2.28. The Kier molecular flexibility index (Phi) is 6.45. The van der Waals surface area contributed by atoms with Crippen LogP contribution in [0.25, 0.3) is 0 Å². The van der Waals surface area contributed by atoms with Gasteiger partial charge in [-0.3, -0.25) is 0 Å². The summed E-state index contributed by atoms with van der Waals surface area (Å²) in [6.45, 7) is 5.50. The molecule has 1 unspecified atom stereocenters. The van der Waals surface area contributed by atoms with Gasteiger partial charge in [0.05, 0.1) is 0 Å². The summed E-state index contributed by atoms with van der Waals surface area (Å²) in [7, 11) is 1.43. The van der Waals surface area contributed by atoms with Crippen molar-refractivity contribution in [2.45, 2.75) is 70.6 Å². The third-order valence-electron chi connectivity index (χ3n) is 3.67. The summed E-state index contributed by atoms with van der Waals surface area (Å²) in [5.74, 6) is -0.575. The number of methoxy groups -OCH3 is 1. The van der Waals surface area contributed by atoms with Crippen molar-refractivity contribution in [1.82, 2.24) is 5.32 Å². The molecule has 6 heteroatoms. The van der Waals surface area contributed by atoms with Crippen LogP contribution in [0.5, 0.6) is 0 Å². The Morgan fingerprint density at radius 2 is 1.81 bits per heavy atom. The molecule has 0 radical (unpaired) electrons. The zero-order valence-electron chi connectivity index (χ0n) is 13.3. The molecular formula is C15H27NO5. The summed E-state index contributed by atoms with van der Waals surface area (Å²) < 4.78 is 10.2. The minimum absolute atomic E-state index is 0.113. The average Bonchev–Trinajstić information content (AvgIpc) is 2.35. The number of carbonyl (C=O) groups is 2. The maximum atomic E-state index is 11.7. The molecular weight excluding hydrogens is 274 g/mol. The molecule has 6 nitrogen and oxygen atoms in total. The number of rotatable bonds is 5. The molecule has 0 aromatic carbocycles. The Balaban J connectivity index is 2.32. The van der Waals surface area contributed by atoms with Gasteiger partial charge in [0.15, 0.2) is 6.10 Å². The van der Waals surface area contributed by atoms with Gasteiger partial charge >= 0.3 is 12.1 Å². The standard InChI is InChI=1S/C15H27NO5/c1-15(2,3)21-14(19)16-11-7-5-10(6-8-11)9-12(20-4)13(17)18/h10-12H,5-9H2,1-4H3,(H,16,19)(H,17,18). The van der Waals surface area contributed by atoms with Crippen LogP contribution in [0, 0.1) is 5.92 Å². The zero-order valence-corrected chi connectivity index (χ0v) is 13.3. The summed E-state index contributed by atoms with van der Waals surface area (Å²) in [5, 5.41) is 11.9. The highest BCUT2D eigenvalue weighted by Crippen LogP contribution is 2.28. The Morgan fingerprint density at radius 3 is 2.24 bits per heavy atom. The highest BCUT2D eigenvalue weighted by molar-refractivity contribution is 5.72. The van der Waals surface area contributed by atoms with E-state index in [4.69, 9.17) is 14.6 Å². The number of nitrogens with one attached hydrogen (secondary N) is 1. The first-order valence-corrected chi connectivity index (χ1v) is 7.46. The van der Waals surface area contributed by atoms with Gasteiger partial charge in [-0.1, -0.05) is 0 Å². The third-order valence-corrected chi connectivity index (χ3v) is 3.67. The minimum atomic E-state index is -0.911. The first-order valence-electron chi connectivity index (χ1n) is 7.46. The molecule has 0 aromatic heterocycles. The largest absolute Gasteiger partial charge is 0.479 e. The molecule has 1 atom stereocenters. The number of alkyl carbamates (subject to hydrolysis) is 1. The van der Waals surface area contributed by atoms with Gasteiger partial charge in [-0.05, 0) is 58.8 Å². The van der Waals surface area contributed by atoms with E-state index < -0.39 is 17.7 Å². The quantitative estimate of drug-likeness (QED) is 0.815. The van der Waals surface area contributed by atoms with E-state index in [0.717, 1.165) is 25.7 Å². The van der Waals surface area contributed by atoms with E-state index in [0.29, 0.717) is 12.3 Å². The monoisotopic (exact) mass is 301 g/mol. The van der Waals surface area contributed by atoms with Gasteiger partial charge in [0.2, 0.25) is 0 Å². The fraction of sp³-hybridized carbons (Fsp3) is 0.867. The molecule has 0 heterocycles. The molecule has 1 aliphatic rings. The summed E-state index contributed by atoms with van der Waals surface area (Å²) in [6.07, 6.45) is 2.91. The average molecular weight is 301 g/mol. The van der Waals surface area contributed by atoms with Crippen LogP contribution in [-0.4, -0.2) is 42.0 Å². The van der Waals surface area contributed by atoms with Gasteiger partial charge in [-0.25, -0.2) is 9.59 Å². The van der Waals surface area contributed by atoms with Crippen LogP contribution in [0.4, 0.5) is 4.79 Å². The van der Waals surface area contributed by atoms with Gasteiger partial charge in [-0.15, -0.1) is 0 Å². The third kappa shape index (κ3) is 6.80. The zero-order chi connectivity index (χ0) is 16.0. The van der Waals surface area contributed by atoms with Crippen molar-refractivity contribution >= 4 is 12.1 Å². The normalized spacial score (nSPS) is 24.2. The van der Waals surface area contributed by atoms with E-state index in [1.807, 2.05) is 20.8 Å².